The second-order valence-electron chi connectivity index (χ2n) is 9.30. The van der Waals surface area contributed by atoms with Crippen LogP contribution in [0.5, 0.6) is 0 Å². The summed E-state index contributed by atoms with van der Waals surface area (Å²) in [5.74, 6) is 0.928. The van der Waals surface area contributed by atoms with Crippen molar-refractivity contribution in [1.29, 1.82) is 0 Å². The quantitative estimate of drug-likeness (QED) is 0.536. The van der Waals surface area contributed by atoms with Crippen LogP contribution >= 0.6 is 0 Å². The molecule has 1 unspecified atom stereocenters. The molecule has 2 aliphatic heterocycles. The molecule has 1 amide bonds. The van der Waals surface area contributed by atoms with E-state index in [2.05, 4.69) is 27.1 Å². The van der Waals surface area contributed by atoms with Crippen molar-refractivity contribution >= 4 is 12.1 Å². The van der Waals surface area contributed by atoms with E-state index in [1.165, 1.54) is 0 Å². The number of aliphatic imine (C=N–C) groups is 1. The molecule has 32 heavy (non-hydrogen) atoms. The zero-order valence-corrected chi connectivity index (χ0v) is 20.2. The maximum Gasteiger partial charge on any atom is 0.410 e. The predicted octanol–water partition coefficient (Wildman–Crippen LogP) is 1.31. The molecule has 0 aliphatic carbocycles. The van der Waals surface area contributed by atoms with Gasteiger partial charge in [-0.05, 0) is 27.7 Å². The number of aromatic nitrogens is 2. The lowest BCUT2D eigenvalue weighted by Gasteiger charge is -2.36. The van der Waals surface area contributed by atoms with Crippen LogP contribution in [-0.2, 0) is 16.5 Å². The fourth-order valence-corrected chi connectivity index (χ4v) is 3.85. The van der Waals surface area contributed by atoms with Crippen molar-refractivity contribution in [3.8, 4) is 0 Å². The standard InChI is InChI=1S/C22H39N7O3/c1-6-23-20(29-13-14-31-19(17-29)18-15-25-26(5)16-18)24-7-8-27-9-11-28(12-10-27)21(30)32-22(2,3)4/h15-16,19H,6-14,17H2,1-5H3,(H,23,24). The van der Waals surface area contributed by atoms with E-state index in [-0.39, 0.29) is 12.2 Å². The molecular formula is C22H39N7O3. The van der Waals surface area contributed by atoms with Gasteiger partial charge in [0.2, 0.25) is 0 Å². The summed E-state index contributed by atoms with van der Waals surface area (Å²) in [4.78, 5) is 23.5. The molecule has 3 heterocycles. The first-order valence-electron chi connectivity index (χ1n) is 11.6. The zero-order chi connectivity index (χ0) is 23.1. The summed E-state index contributed by atoms with van der Waals surface area (Å²) in [6, 6.07) is 0. The smallest absolute Gasteiger partial charge is 0.410 e. The molecule has 2 aliphatic rings. The first kappa shape index (κ1) is 24.3. The van der Waals surface area contributed by atoms with Crippen molar-refractivity contribution in [1.82, 2.24) is 29.8 Å². The third kappa shape index (κ3) is 7.09. The Balaban J connectivity index is 1.48. The molecule has 1 N–H and O–H groups in total. The zero-order valence-electron chi connectivity index (χ0n) is 20.2. The van der Waals surface area contributed by atoms with Crippen LogP contribution in [-0.4, -0.2) is 108 Å². The molecule has 2 fully saturated rings. The Morgan fingerprint density at radius 3 is 2.62 bits per heavy atom. The van der Waals surface area contributed by atoms with E-state index in [1.54, 1.807) is 9.58 Å². The van der Waals surface area contributed by atoms with Crippen molar-refractivity contribution in [2.24, 2.45) is 12.0 Å². The van der Waals surface area contributed by atoms with Crippen LogP contribution in [0.3, 0.4) is 0 Å². The number of rotatable bonds is 5. The van der Waals surface area contributed by atoms with E-state index in [1.807, 2.05) is 40.2 Å². The number of hydrogen-bond donors (Lipinski definition) is 1. The molecule has 10 heteroatoms. The Labute approximate surface area is 191 Å². The van der Waals surface area contributed by atoms with E-state index >= 15 is 0 Å². The van der Waals surface area contributed by atoms with E-state index in [4.69, 9.17) is 14.5 Å². The van der Waals surface area contributed by atoms with E-state index < -0.39 is 5.60 Å². The Hall–Kier alpha value is -2.33. The van der Waals surface area contributed by atoms with Gasteiger partial charge in [-0.25, -0.2) is 4.79 Å². The average molecular weight is 450 g/mol. The molecule has 0 bridgehead atoms. The molecular weight excluding hydrogens is 410 g/mol. The van der Waals surface area contributed by atoms with Gasteiger partial charge in [0.25, 0.3) is 0 Å². The van der Waals surface area contributed by atoms with Crippen molar-refractivity contribution in [3.05, 3.63) is 18.0 Å². The maximum atomic E-state index is 12.2. The number of aryl methyl sites for hydroxylation is 1. The third-order valence-electron chi connectivity index (χ3n) is 5.50. The number of hydrogen-bond acceptors (Lipinski definition) is 6. The predicted molar refractivity (Wildman–Crippen MR) is 124 cm³/mol. The van der Waals surface area contributed by atoms with Gasteiger partial charge in [-0.1, -0.05) is 0 Å². The lowest BCUT2D eigenvalue weighted by molar-refractivity contribution is -0.00808. The summed E-state index contributed by atoms with van der Waals surface area (Å²) < 4.78 is 13.3. The largest absolute Gasteiger partial charge is 0.444 e. The van der Waals surface area contributed by atoms with Crippen LogP contribution in [0.15, 0.2) is 17.4 Å². The summed E-state index contributed by atoms with van der Waals surface area (Å²) in [6.45, 7) is 15.5. The Bertz CT molecular complexity index is 766. The molecule has 3 rings (SSSR count). The number of piperazine rings is 1. The second-order valence-corrected chi connectivity index (χ2v) is 9.30. The first-order chi connectivity index (χ1) is 15.2. The van der Waals surface area contributed by atoms with Crippen LogP contribution in [0, 0.1) is 0 Å². The second kappa shape index (κ2) is 11.0. The molecule has 1 aromatic rings. The number of ether oxygens (including phenoxy) is 2. The number of nitrogens with zero attached hydrogens (tertiary/aromatic N) is 6. The van der Waals surface area contributed by atoms with Crippen LogP contribution < -0.4 is 5.32 Å². The van der Waals surface area contributed by atoms with Gasteiger partial charge in [0.15, 0.2) is 5.96 Å². The Morgan fingerprint density at radius 1 is 1.25 bits per heavy atom. The average Bonchev–Trinajstić information content (AvgIpc) is 3.19. The summed E-state index contributed by atoms with van der Waals surface area (Å²) in [7, 11) is 1.92. The van der Waals surface area contributed by atoms with Crippen LogP contribution in [0.4, 0.5) is 4.79 Å². The lowest BCUT2D eigenvalue weighted by Crippen LogP contribution is -2.51. The topological polar surface area (TPSA) is 87.5 Å². The van der Waals surface area contributed by atoms with Crippen molar-refractivity contribution in [2.45, 2.75) is 39.4 Å². The van der Waals surface area contributed by atoms with Crippen LogP contribution in [0.2, 0.25) is 0 Å². The molecule has 0 aromatic carbocycles. The molecule has 180 valence electrons. The number of morpholine rings is 1. The van der Waals surface area contributed by atoms with Crippen LogP contribution in [0.1, 0.15) is 39.4 Å². The molecule has 1 aromatic heterocycles. The highest BCUT2D eigenvalue weighted by molar-refractivity contribution is 5.80. The van der Waals surface area contributed by atoms with Gasteiger partial charge in [0, 0.05) is 64.6 Å². The minimum absolute atomic E-state index is 0.00207. The van der Waals surface area contributed by atoms with Gasteiger partial charge >= 0.3 is 6.09 Å². The van der Waals surface area contributed by atoms with Gasteiger partial charge in [-0.3, -0.25) is 14.6 Å². The van der Waals surface area contributed by atoms with Crippen molar-refractivity contribution < 1.29 is 14.3 Å². The highest BCUT2D eigenvalue weighted by Crippen LogP contribution is 2.21. The highest BCUT2D eigenvalue weighted by Gasteiger charge is 2.27. The first-order valence-corrected chi connectivity index (χ1v) is 11.6. The molecule has 0 saturated carbocycles. The van der Waals surface area contributed by atoms with Gasteiger partial charge in [-0.2, -0.15) is 5.10 Å². The molecule has 1 atom stereocenters. The Morgan fingerprint density at radius 2 is 2.00 bits per heavy atom. The van der Waals surface area contributed by atoms with Gasteiger partial charge < -0.3 is 24.6 Å². The fraction of sp³-hybridized carbons (Fsp3) is 0.773. The van der Waals surface area contributed by atoms with Crippen molar-refractivity contribution in [3.63, 3.8) is 0 Å². The van der Waals surface area contributed by atoms with Crippen LogP contribution in [0.25, 0.3) is 0 Å². The molecule has 0 radical (unpaired) electrons. The van der Waals surface area contributed by atoms with E-state index in [0.717, 1.165) is 50.8 Å². The normalized spacial score (nSPS) is 21.0. The summed E-state index contributed by atoms with van der Waals surface area (Å²) in [5.41, 5.74) is 0.636. The third-order valence-corrected chi connectivity index (χ3v) is 5.50. The van der Waals surface area contributed by atoms with Gasteiger partial charge in [-0.15, -0.1) is 0 Å². The Kier molecular flexibility index (Phi) is 8.36. The number of carbonyl (C=O) groups excluding carboxylic acids is 1. The fourth-order valence-electron chi connectivity index (χ4n) is 3.85. The van der Waals surface area contributed by atoms with Gasteiger partial charge in [0.05, 0.1) is 25.9 Å². The summed E-state index contributed by atoms with van der Waals surface area (Å²) in [5, 5.41) is 7.69. The van der Waals surface area contributed by atoms with Gasteiger partial charge in [0.1, 0.15) is 11.7 Å². The number of carbonyl (C=O) groups is 1. The minimum Gasteiger partial charge on any atom is -0.444 e. The molecule has 0 spiro atoms. The highest BCUT2D eigenvalue weighted by atomic mass is 16.6. The number of amides is 1. The lowest BCUT2D eigenvalue weighted by atomic mass is 10.1. The molecule has 10 nitrogen and oxygen atoms in total. The number of nitrogens with one attached hydrogen (secondary N) is 1. The molecule has 2 saturated heterocycles. The minimum atomic E-state index is -0.457. The van der Waals surface area contributed by atoms with E-state index in [9.17, 15) is 4.79 Å². The summed E-state index contributed by atoms with van der Waals surface area (Å²) in [6.07, 6.45) is 3.66. The maximum absolute atomic E-state index is 12.2. The SMILES string of the molecule is CCNC(=NCCN1CCN(C(=O)OC(C)(C)C)CC1)N1CCOC(c2cnn(C)c2)C1. The van der Waals surface area contributed by atoms with E-state index in [0.29, 0.717) is 26.2 Å². The van der Waals surface area contributed by atoms with Crippen molar-refractivity contribution in [2.75, 3.05) is 65.5 Å². The summed E-state index contributed by atoms with van der Waals surface area (Å²) >= 11 is 0. The number of guanidine groups is 1. The monoisotopic (exact) mass is 449 g/mol.